The number of hydrogen-bond acceptors (Lipinski definition) is 4. The number of pyridine rings is 1. The van der Waals surface area contributed by atoms with E-state index in [1.165, 1.54) is 0 Å². The number of methoxy groups -OCH3 is 2. The summed E-state index contributed by atoms with van der Waals surface area (Å²) in [5.74, 6) is 1.97. The quantitative estimate of drug-likeness (QED) is 0.845. The summed E-state index contributed by atoms with van der Waals surface area (Å²) in [6, 6.07) is 9.37. The minimum atomic E-state index is 0.426. The molecule has 2 rings (SSSR count). The zero-order chi connectivity index (χ0) is 13.7. The second kappa shape index (κ2) is 6.43. The zero-order valence-electron chi connectivity index (χ0n) is 10.7. The summed E-state index contributed by atoms with van der Waals surface area (Å²) in [5.41, 5.74) is 0.988. The van der Waals surface area contributed by atoms with Gasteiger partial charge in [0.1, 0.15) is 6.61 Å². The van der Waals surface area contributed by atoms with E-state index in [0.29, 0.717) is 24.0 Å². The van der Waals surface area contributed by atoms with Gasteiger partial charge < -0.3 is 14.2 Å². The van der Waals surface area contributed by atoms with Gasteiger partial charge in [-0.1, -0.05) is 6.07 Å². The third-order valence-corrected chi connectivity index (χ3v) is 3.00. The van der Waals surface area contributed by atoms with Crippen LogP contribution in [0.25, 0.3) is 0 Å². The van der Waals surface area contributed by atoms with Crippen LogP contribution in [0.1, 0.15) is 5.56 Å². The SMILES string of the molecule is COc1ccc(COc2ccc(Br)cn2)cc1OC. The van der Waals surface area contributed by atoms with E-state index >= 15 is 0 Å². The lowest BCUT2D eigenvalue weighted by molar-refractivity contribution is 0.292. The Balaban J connectivity index is 2.05. The molecule has 0 unspecified atom stereocenters. The fourth-order valence-corrected chi connectivity index (χ4v) is 1.81. The Bertz CT molecular complexity index is 543. The van der Waals surface area contributed by atoms with Gasteiger partial charge in [-0.15, -0.1) is 0 Å². The zero-order valence-corrected chi connectivity index (χ0v) is 12.3. The largest absolute Gasteiger partial charge is 0.493 e. The van der Waals surface area contributed by atoms with Crippen LogP contribution in [0.2, 0.25) is 0 Å². The van der Waals surface area contributed by atoms with Crippen molar-refractivity contribution in [2.75, 3.05) is 14.2 Å². The number of ether oxygens (including phenoxy) is 3. The summed E-state index contributed by atoms with van der Waals surface area (Å²) in [7, 11) is 3.22. The number of aromatic nitrogens is 1. The molecule has 19 heavy (non-hydrogen) atoms. The van der Waals surface area contributed by atoms with E-state index in [2.05, 4.69) is 20.9 Å². The molecule has 0 aliphatic carbocycles. The van der Waals surface area contributed by atoms with Crippen molar-refractivity contribution in [1.29, 1.82) is 0 Å². The molecule has 0 N–H and O–H groups in total. The molecular weight excluding hydrogens is 310 g/mol. The van der Waals surface area contributed by atoms with Crippen LogP contribution in [0.4, 0.5) is 0 Å². The lowest BCUT2D eigenvalue weighted by Gasteiger charge is -2.10. The Labute approximate surface area is 120 Å². The van der Waals surface area contributed by atoms with E-state index in [0.717, 1.165) is 10.0 Å². The summed E-state index contributed by atoms with van der Waals surface area (Å²) >= 11 is 3.33. The molecule has 0 atom stereocenters. The van der Waals surface area contributed by atoms with Gasteiger partial charge in [0.15, 0.2) is 11.5 Å². The maximum atomic E-state index is 5.59. The Morgan fingerprint density at radius 1 is 1.05 bits per heavy atom. The third-order valence-electron chi connectivity index (χ3n) is 2.53. The van der Waals surface area contributed by atoms with Crippen molar-refractivity contribution in [2.45, 2.75) is 6.61 Å². The van der Waals surface area contributed by atoms with E-state index in [9.17, 15) is 0 Å². The van der Waals surface area contributed by atoms with Gasteiger partial charge in [0.2, 0.25) is 5.88 Å². The molecule has 0 amide bonds. The molecule has 2 aromatic rings. The second-order valence-corrected chi connectivity index (χ2v) is 4.71. The van der Waals surface area contributed by atoms with Crippen molar-refractivity contribution in [2.24, 2.45) is 0 Å². The van der Waals surface area contributed by atoms with Crippen molar-refractivity contribution >= 4 is 15.9 Å². The minimum Gasteiger partial charge on any atom is -0.493 e. The van der Waals surface area contributed by atoms with Gasteiger partial charge >= 0.3 is 0 Å². The van der Waals surface area contributed by atoms with Crippen LogP contribution in [0.5, 0.6) is 17.4 Å². The summed E-state index contributed by atoms with van der Waals surface area (Å²) < 4.78 is 16.9. The molecule has 1 heterocycles. The highest BCUT2D eigenvalue weighted by atomic mass is 79.9. The molecule has 0 aliphatic heterocycles. The van der Waals surface area contributed by atoms with Gasteiger partial charge in [0, 0.05) is 16.7 Å². The Hall–Kier alpha value is -1.75. The van der Waals surface area contributed by atoms with Crippen LogP contribution in [0, 0.1) is 0 Å². The second-order valence-electron chi connectivity index (χ2n) is 3.79. The van der Waals surface area contributed by atoms with Crippen LogP contribution < -0.4 is 14.2 Å². The van der Waals surface area contributed by atoms with Gasteiger partial charge in [-0.05, 0) is 39.7 Å². The Kier molecular flexibility index (Phi) is 4.63. The van der Waals surface area contributed by atoms with E-state index in [1.54, 1.807) is 20.4 Å². The lowest BCUT2D eigenvalue weighted by atomic mass is 10.2. The highest BCUT2D eigenvalue weighted by Crippen LogP contribution is 2.27. The molecule has 0 spiro atoms. The van der Waals surface area contributed by atoms with Gasteiger partial charge in [-0.2, -0.15) is 0 Å². The van der Waals surface area contributed by atoms with Gasteiger partial charge in [-0.3, -0.25) is 0 Å². The standard InChI is InChI=1S/C14H14BrNO3/c1-17-12-5-3-10(7-13(12)18-2)9-19-14-6-4-11(15)8-16-14/h3-8H,9H2,1-2H3. The van der Waals surface area contributed by atoms with Crippen molar-refractivity contribution in [1.82, 2.24) is 4.98 Å². The fourth-order valence-electron chi connectivity index (χ4n) is 1.58. The molecule has 4 nitrogen and oxygen atoms in total. The predicted molar refractivity (Wildman–Crippen MR) is 75.8 cm³/mol. The van der Waals surface area contributed by atoms with E-state index in [4.69, 9.17) is 14.2 Å². The lowest BCUT2D eigenvalue weighted by Crippen LogP contribution is -1.98. The third kappa shape index (κ3) is 3.61. The first kappa shape index (κ1) is 13.7. The summed E-state index contributed by atoms with van der Waals surface area (Å²) in [6.07, 6.45) is 1.70. The molecule has 0 saturated carbocycles. The first-order valence-corrected chi connectivity index (χ1v) is 6.47. The smallest absolute Gasteiger partial charge is 0.213 e. The average molecular weight is 324 g/mol. The summed E-state index contributed by atoms with van der Waals surface area (Å²) in [5, 5.41) is 0. The topological polar surface area (TPSA) is 40.6 Å². The molecule has 5 heteroatoms. The highest BCUT2D eigenvalue weighted by Gasteiger charge is 2.05. The van der Waals surface area contributed by atoms with Gasteiger partial charge in [-0.25, -0.2) is 4.98 Å². The average Bonchev–Trinajstić information content (AvgIpc) is 2.46. The van der Waals surface area contributed by atoms with Crippen molar-refractivity contribution in [3.8, 4) is 17.4 Å². The van der Waals surface area contributed by atoms with Gasteiger partial charge in [0.05, 0.1) is 14.2 Å². The number of rotatable bonds is 5. The molecule has 0 aliphatic rings. The molecule has 0 fully saturated rings. The number of hydrogen-bond donors (Lipinski definition) is 0. The Morgan fingerprint density at radius 2 is 1.84 bits per heavy atom. The first-order valence-electron chi connectivity index (χ1n) is 5.68. The van der Waals surface area contributed by atoms with E-state index < -0.39 is 0 Å². The molecule has 0 radical (unpaired) electrons. The summed E-state index contributed by atoms with van der Waals surface area (Å²) in [4.78, 5) is 4.14. The van der Waals surface area contributed by atoms with Crippen LogP contribution >= 0.6 is 15.9 Å². The van der Waals surface area contributed by atoms with Crippen LogP contribution in [-0.2, 0) is 6.61 Å². The fraction of sp³-hybridized carbons (Fsp3) is 0.214. The van der Waals surface area contributed by atoms with Crippen molar-refractivity contribution in [3.63, 3.8) is 0 Å². The molecule has 0 saturated heterocycles. The van der Waals surface area contributed by atoms with Crippen LogP contribution in [0.15, 0.2) is 41.0 Å². The monoisotopic (exact) mass is 323 g/mol. The summed E-state index contributed by atoms with van der Waals surface area (Å²) in [6.45, 7) is 0.426. The molecule has 1 aromatic heterocycles. The van der Waals surface area contributed by atoms with Crippen molar-refractivity contribution in [3.05, 3.63) is 46.6 Å². The molecule has 1 aromatic carbocycles. The molecule has 100 valence electrons. The van der Waals surface area contributed by atoms with E-state index in [-0.39, 0.29) is 0 Å². The molecule has 0 bridgehead atoms. The minimum absolute atomic E-state index is 0.426. The van der Waals surface area contributed by atoms with Gasteiger partial charge in [0.25, 0.3) is 0 Å². The predicted octanol–water partition coefficient (Wildman–Crippen LogP) is 3.44. The van der Waals surface area contributed by atoms with Crippen LogP contribution in [0.3, 0.4) is 0 Å². The first-order chi connectivity index (χ1) is 9.22. The maximum Gasteiger partial charge on any atom is 0.213 e. The Morgan fingerprint density at radius 3 is 2.47 bits per heavy atom. The molecular formula is C14H14BrNO3. The normalized spacial score (nSPS) is 10.1. The number of benzene rings is 1. The number of halogens is 1. The highest BCUT2D eigenvalue weighted by molar-refractivity contribution is 9.10. The maximum absolute atomic E-state index is 5.59. The van der Waals surface area contributed by atoms with Crippen LogP contribution in [-0.4, -0.2) is 19.2 Å². The number of nitrogens with zero attached hydrogens (tertiary/aromatic N) is 1. The van der Waals surface area contributed by atoms with E-state index in [1.807, 2.05) is 30.3 Å². The van der Waals surface area contributed by atoms with Crippen molar-refractivity contribution < 1.29 is 14.2 Å².